The predicted octanol–water partition coefficient (Wildman–Crippen LogP) is 2.30. The molecule has 1 aliphatic heterocycles. The van der Waals surface area contributed by atoms with Crippen molar-refractivity contribution in [1.82, 2.24) is 10.1 Å². The van der Waals surface area contributed by atoms with E-state index in [4.69, 9.17) is 9.26 Å². The Morgan fingerprint density at radius 1 is 1.42 bits per heavy atom. The first kappa shape index (κ1) is 12.1. The lowest BCUT2D eigenvalue weighted by Crippen LogP contribution is -2.09. The average Bonchev–Trinajstić information content (AvgIpc) is 3.01. The highest BCUT2D eigenvalue weighted by Crippen LogP contribution is 2.28. The Morgan fingerprint density at radius 2 is 2.32 bits per heavy atom. The quantitative estimate of drug-likeness (QED) is 0.921. The maximum absolute atomic E-state index is 12.9. The van der Waals surface area contributed by atoms with Gasteiger partial charge in [0.15, 0.2) is 5.82 Å². The second-order valence-corrected chi connectivity index (χ2v) is 4.52. The Balaban J connectivity index is 1.80. The molecule has 1 atom stereocenters. The summed E-state index contributed by atoms with van der Waals surface area (Å²) in [6.07, 6.45) is 2.76. The first-order chi connectivity index (χ1) is 9.22. The smallest absolute Gasteiger partial charge is 0.261 e. The Bertz CT molecular complexity index is 579. The van der Waals surface area contributed by atoms with Gasteiger partial charge in [-0.1, -0.05) is 5.16 Å². The van der Waals surface area contributed by atoms with Crippen molar-refractivity contribution < 1.29 is 18.8 Å². The molecule has 1 aliphatic rings. The largest absolute Gasteiger partial charge is 0.507 e. The molecule has 1 aromatic carbocycles. The lowest BCUT2D eigenvalue weighted by Gasteiger charge is -2.03. The summed E-state index contributed by atoms with van der Waals surface area (Å²) in [6.45, 7) is 0.772. The van der Waals surface area contributed by atoms with Gasteiger partial charge >= 0.3 is 0 Å². The van der Waals surface area contributed by atoms with E-state index < -0.39 is 5.82 Å². The fourth-order valence-corrected chi connectivity index (χ4v) is 2.14. The molecule has 0 amide bonds. The molecule has 2 aromatic rings. The van der Waals surface area contributed by atoms with E-state index in [0.717, 1.165) is 25.5 Å². The van der Waals surface area contributed by atoms with Gasteiger partial charge in [-0.2, -0.15) is 4.98 Å². The summed E-state index contributed by atoms with van der Waals surface area (Å²) in [5, 5.41) is 13.5. The average molecular weight is 264 g/mol. The van der Waals surface area contributed by atoms with Gasteiger partial charge in [0.05, 0.1) is 11.7 Å². The lowest BCUT2D eigenvalue weighted by atomic mass is 10.2. The van der Waals surface area contributed by atoms with Crippen molar-refractivity contribution in [1.29, 1.82) is 0 Å². The SMILES string of the molecule is Oc1cc(F)ccc1-c1nc(CC2CCCO2)no1. The van der Waals surface area contributed by atoms with Crippen LogP contribution in [-0.2, 0) is 11.2 Å². The molecule has 1 saturated heterocycles. The highest BCUT2D eigenvalue weighted by molar-refractivity contribution is 5.61. The van der Waals surface area contributed by atoms with Crippen molar-refractivity contribution in [2.45, 2.75) is 25.4 Å². The summed E-state index contributed by atoms with van der Waals surface area (Å²) >= 11 is 0. The number of ether oxygens (including phenoxy) is 1. The van der Waals surface area contributed by atoms with E-state index in [2.05, 4.69) is 10.1 Å². The van der Waals surface area contributed by atoms with Crippen LogP contribution < -0.4 is 0 Å². The van der Waals surface area contributed by atoms with Gasteiger partial charge in [0, 0.05) is 19.1 Å². The molecule has 0 radical (unpaired) electrons. The Morgan fingerprint density at radius 3 is 3.05 bits per heavy atom. The molecule has 5 nitrogen and oxygen atoms in total. The zero-order valence-corrected chi connectivity index (χ0v) is 10.2. The van der Waals surface area contributed by atoms with Crippen LogP contribution in [0.1, 0.15) is 18.7 Å². The topological polar surface area (TPSA) is 68.4 Å². The summed E-state index contributed by atoms with van der Waals surface area (Å²) < 4.78 is 23.5. The maximum atomic E-state index is 12.9. The molecule has 1 fully saturated rings. The van der Waals surface area contributed by atoms with Crippen LogP contribution in [0.3, 0.4) is 0 Å². The molecule has 1 unspecified atom stereocenters. The number of halogens is 1. The van der Waals surface area contributed by atoms with Gasteiger partial charge < -0.3 is 14.4 Å². The monoisotopic (exact) mass is 264 g/mol. The van der Waals surface area contributed by atoms with Crippen LogP contribution in [0.2, 0.25) is 0 Å². The van der Waals surface area contributed by atoms with Crippen molar-refractivity contribution in [3.63, 3.8) is 0 Å². The van der Waals surface area contributed by atoms with Crippen molar-refractivity contribution in [2.24, 2.45) is 0 Å². The molecular weight excluding hydrogens is 251 g/mol. The molecule has 6 heteroatoms. The van der Waals surface area contributed by atoms with Gasteiger partial charge in [0.25, 0.3) is 5.89 Å². The number of nitrogens with zero attached hydrogens (tertiary/aromatic N) is 2. The summed E-state index contributed by atoms with van der Waals surface area (Å²) in [4.78, 5) is 4.19. The second kappa shape index (κ2) is 4.97. The molecule has 19 heavy (non-hydrogen) atoms. The molecule has 0 aliphatic carbocycles. The standard InChI is InChI=1S/C13H13FN2O3/c14-8-3-4-10(11(17)6-8)13-15-12(16-19-13)7-9-2-1-5-18-9/h3-4,6,9,17H,1-2,5,7H2. The number of hydrogen-bond acceptors (Lipinski definition) is 5. The first-order valence-corrected chi connectivity index (χ1v) is 6.15. The number of phenolic OH excluding ortho intramolecular Hbond substituents is 1. The third-order valence-electron chi connectivity index (χ3n) is 3.09. The number of hydrogen-bond donors (Lipinski definition) is 1. The Kier molecular flexibility index (Phi) is 3.16. The van der Waals surface area contributed by atoms with Crippen LogP contribution >= 0.6 is 0 Å². The van der Waals surface area contributed by atoms with Crippen LogP contribution in [0.4, 0.5) is 4.39 Å². The van der Waals surface area contributed by atoms with Gasteiger partial charge in [-0.25, -0.2) is 4.39 Å². The minimum Gasteiger partial charge on any atom is -0.507 e. The maximum Gasteiger partial charge on any atom is 0.261 e. The molecule has 0 spiro atoms. The fourth-order valence-electron chi connectivity index (χ4n) is 2.14. The minimum atomic E-state index is -0.514. The van der Waals surface area contributed by atoms with Gasteiger partial charge in [-0.15, -0.1) is 0 Å². The highest BCUT2D eigenvalue weighted by Gasteiger charge is 2.20. The lowest BCUT2D eigenvalue weighted by molar-refractivity contribution is 0.109. The second-order valence-electron chi connectivity index (χ2n) is 4.52. The van der Waals surface area contributed by atoms with Crippen molar-refractivity contribution in [3.05, 3.63) is 29.8 Å². The van der Waals surface area contributed by atoms with Gasteiger partial charge in [-0.3, -0.25) is 0 Å². The summed E-state index contributed by atoms with van der Waals surface area (Å²) in [6, 6.07) is 3.66. The molecule has 100 valence electrons. The molecule has 1 aromatic heterocycles. The number of aromatic hydroxyl groups is 1. The molecule has 2 heterocycles. The van der Waals surface area contributed by atoms with E-state index in [1.54, 1.807) is 0 Å². The van der Waals surface area contributed by atoms with E-state index >= 15 is 0 Å². The van der Waals surface area contributed by atoms with Gasteiger partial charge in [-0.05, 0) is 25.0 Å². The number of benzene rings is 1. The van der Waals surface area contributed by atoms with Crippen LogP contribution in [0.15, 0.2) is 22.7 Å². The van der Waals surface area contributed by atoms with Crippen LogP contribution in [-0.4, -0.2) is 28.0 Å². The minimum absolute atomic E-state index is 0.132. The normalized spacial score (nSPS) is 18.9. The highest BCUT2D eigenvalue weighted by atomic mass is 19.1. The van der Waals surface area contributed by atoms with Gasteiger partial charge in [0.1, 0.15) is 11.6 Å². The van der Waals surface area contributed by atoms with E-state index in [1.807, 2.05) is 0 Å². The third kappa shape index (κ3) is 2.58. The third-order valence-corrected chi connectivity index (χ3v) is 3.09. The Labute approximate surface area is 109 Å². The zero-order valence-electron chi connectivity index (χ0n) is 10.2. The van der Waals surface area contributed by atoms with Gasteiger partial charge in [0.2, 0.25) is 0 Å². The fraction of sp³-hybridized carbons (Fsp3) is 0.385. The summed E-state index contributed by atoms with van der Waals surface area (Å²) in [7, 11) is 0. The number of phenols is 1. The van der Waals surface area contributed by atoms with Crippen molar-refractivity contribution in [3.8, 4) is 17.2 Å². The summed E-state index contributed by atoms with van der Waals surface area (Å²) in [5.74, 6) is -0.0104. The van der Waals surface area contributed by atoms with E-state index in [-0.39, 0.29) is 17.7 Å². The molecule has 3 rings (SSSR count). The van der Waals surface area contributed by atoms with Crippen LogP contribution in [0.5, 0.6) is 5.75 Å². The van der Waals surface area contributed by atoms with E-state index in [0.29, 0.717) is 17.8 Å². The van der Waals surface area contributed by atoms with Crippen molar-refractivity contribution >= 4 is 0 Å². The zero-order chi connectivity index (χ0) is 13.2. The molecule has 0 saturated carbocycles. The van der Waals surface area contributed by atoms with Crippen LogP contribution in [0, 0.1) is 5.82 Å². The summed E-state index contributed by atoms with van der Waals surface area (Å²) in [5.41, 5.74) is 0.326. The first-order valence-electron chi connectivity index (χ1n) is 6.15. The van der Waals surface area contributed by atoms with E-state index in [1.165, 1.54) is 12.1 Å². The number of aromatic nitrogens is 2. The molecular formula is C13H13FN2O3. The Hall–Kier alpha value is -1.95. The molecule has 1 N–H and O–H groups in total. The van der Waals surface area contributed by atoms with Crippen molar-refractivity contribution in [2.75, 3.05) is 6.61 Å². The predicted molar refractivity (Wildman–Crippen MR) is 64.0 cm³/mol. The number of rotatable bonds is 3. The van der Waals surface area contributed by atoms with E-state index in [9.17, 15) is 9.50 Å². The molecule has 0 bridgehead atoms. The van der Waals surface area contributed by atoms with Crippen LogP contribution in [0.25, 0.3) is 11.5 Å².